The summed E-state index contributed by atoms with van der Waals surface area (Å²) in [7, 11) is 0. The molecule has 4 fully saturated rings. The van der Waals surface area contributed by atoms with Crippen LogP contribution in [0.2, 0.25) is 0 Å². The number of carbonyl (C=O) groups excluding carboxylic acids is 4. The Hall–Kier alpha value is -6.32. The summed E-state index contributed by atoms with van der Waals surface area (Å²) in [6, 6.07) is 10.2. The molecule has 0 unspecified atom stereocenters. The molecule has 61 heavy (non-hydrogen) atoms. The summed E-state index contributed by atoms with van der Waals surface area (Å²) in [5.41, 5.74) is 1.22. The third-order valence-corrected chi connectivity index (χ3v) is 12.7. The number of benzene rings is 2. The maximum absolute atomic E-state index is 15.1. The lowest BCUT2D eigenvalue weighted by molar-refractivity contribution is -0.138. The van der Waals surface area contributed by atoms with Gasteiger partial charge in [0.25, 0.3) is 5.91 Å². The van der Waals surface area contributed by atoms with Crippen LogP contribution in [0.4, 0.5) is 20.2 Å². The van der Waals surface area contributed by atoms with Gasteiger partial charge in [0, 0.05) is 91.9 Å². The monoisotopic (exact) mass is 833 g/mol. The molecule has 4 amide bonds. The molecular formula is C43H45F2N11O5. The van der Waals surface area contributed by atoms with E-state index in [1.807, 2.05) is 34.0 Å². The highest BCUT2D eigenvalue weighted by Gasteiger charge is 2.39. The van der Waals surface area contributed by atoms with Crippen molar-refractivity contribution >= 4 is 51.6 Å². The standard InChI is InChI=1S/C43H45F2N11O5/c1-43(2,61)31-17-34-25(14-35(31)49-41(59)36-20-47-37-13-24(18-46)19-48-56(36)37)23-55(51-34)28-5-3-27(4-6-28)52-9-11-53(12-10-52)42(60)26-21-54(22-26)29-15-32(44)39(33(45)16-29)30-7-8-38(57)50-40(30)58/h13-17,19-20,23,26-28,30,61H,3-12,21-22H2,1-2H3,(H,49,59)(H,50,57,58)/t27?,28?,30-/m1/s1. The largest absolute Gasteiger partial charge is 0.386 e. The quantitative estimate of drug-likeness (QED) is 0.192. The summed E-state index contributed by atoms with van der Waals surface area (Å²) in [5.74, 6) is -4.58. The molecule has 1 atom stereocenters. The topological polar surface area (TPSA) is 194 Å². The average Bonchev–Trinajstić information content (AvgIpc) is 3.84. The van der Waals surface area contributed by atoms with Gasteiger partial charge in [0.1, 0.15) is 17.7 Å². The van der Waals surface area contributed by atoms with Crippen LogP contribution in [0.3, 0.4) is 0 Å². The zero-order valence-corrected chi connectivity index (χ0v) is 33.8. The Morgan fingerprint density at radius 3 is 2.33 bits per heavy atom. The predicted molar refractivity (Wildman–Crippen MR) is 217 cm³/mol. The van der Waals surface area contributed by atoms with Crippen LogP contribution in [0.25, 0.3) is 16.6 Å². The number of hydrogen-bond donors (Lipinski definition) is 3. The van der Waals surface area contributed by atoms with E-state index in [-0.39, 0.29) is 42.0 Å². The van der Waals surface area contributed by atoms with Crippen LogP contribution in [0, 0.1) is 28.9 Å². The molecular weight excluding hydrogens is 789 g/mol. The first-order chi connectivity index (χ1) is 29.2. The maximum Gasteiger partial charge on any atom is 0.276 e. The molecule has 0 bridgehead atoms. The summed E-state index contributed by atoms with van der Waals surface area (Å²) >= 11 is 0. The Labute approximate surface area is 349 Å². The Morgan fingerprint density at radius 1 is 0.951 bits per heavy atom. The number of aliphatic hydroxyl groups is 1. The summed E-state index contributed by atoms with van der Waals surface area (Å²) < 4.78 is 33.6. The van der Waals surface area contributed by atoms with Crippen LogP contribution >= 0.6 is 0 Å². The van der Waals surface area contributed by atoms with Gasteiger partial charge < -0.3 is 20.2 Å². The molecule has 2 aromatic carbocycles. The zero-order chi connectivity index (χ0) is 42.7. The lowest BCUT2D eigenvalue weighted by Crippen LogP contribution is -2.59. The number of nitrogens with one attached hydrogen (secondary N) is 2. The molecule has 1 saturated carbocycles. The maximum atomic E-state index is 15.1. The first kappa shape index (κ1) is 40.1. The molecule has 3 N–H and O–H groups in total. The molecule has 0 radical (unpaired) electrons. The van der Waals surface area contributed by atoms with Gasteiger partial charge in [-0.1, -0.05) is 0 Å². The Balaban J connectivity index is 0.778. The van der Waals surface area contributed by atoms with Gasteiger partial charge in [0.15, 0.2) is 11.3 Å². The number of imide groups is 1. The lowest BCUT2D eigenvalue weighted by Gasteiger charge is -2.45. The van der Waals surface area contributed by atoms with Crippen molar-refractivity contribution in [3.63, 3.8) is 0 Å². The smallest absolute Gasteiger partial charge is 0.276 e. The van der Waals surface area contributed by atoms with E-state index in [9.17, 15) is 29.5 Å². The van der Waals surface area contributed by atoms with Crippen LogP contribution in [0.15, 0.2) is 48.9 Å². The fourth-order valence-corrected chi connectivity index (χ4v) is 9.32. The molecule has 3 aliphatic heterocycles. The molecule has 6 heterocycles. The van der Waals surface area contributed by atoms with E-state index in [0.29, 0.717) is 65.9 Å². The molecule has 3 saturated heterocycles. The highest BCUT2D eigenvalue weighted by atomic mass is 19.1. The van der Waals surface area contributed by atoms with E-state index in [0.717, 1.165) is 44.2 Å². The van der Waals surface area contributed by atoms with Gasteiger partial charge in [0.2, 0.25) is 17.7 Å². The zero-order valence-electron chi connectivity index (χ0n) is 33.8. The summed E-state index contributed by atoms with van der Waals surface area (Å²) in [4.78, 5) is 61.0. The average molecular weight is 834 g/mol. The van der Waals surface area contributed by atoms with Crippen molar-refractivity contribution in [3.05, 3.63) is 82.9 Å². The molecule has 316 valence electrons. The van der Waals surface area contributed by atoms with E-state index in [2.05, 4.69) is 25.6 Å². The minimum Gasteiger partial charge on any atom is -0.386 e. The number of fused-ring (bicyclic) bond motifs is 2. The second-order valence-electron chi connectivity index (χ2n) is 17.1. The van der Waals surface area contributed by atoms with Gasteiger partial charge in [0.05, 0.1) is 47.0 Å². The molecule has 9 rings (SSSR count). The molecule has 16 nitrogen and oxygen atoms in total. The lowest BCUT2D eigenvalue weighted by atomic mass is 9.89. The predicted octanol–water partition coefficient (Wildman–Crippen LogP) is 3.99. The van der Waals surface area contributed by atoms with Crippen LogP contribution in [-0.2, 0) is 20.0 Å². The Bertz CT molecular complexity index is 2600. The fraction of sp³-hybridized carbons (Fsp3) is 0.442. The van der Waals surface area contributed by atoms with Gasteiger partial charge >= 0.3 is 0 Å². The number of hydrogen-bond acceptors (Lipinski definition) is 11. The summed E-state index contributed by atoms with van der Waals surface area (Å²) in [6.07, 6.45) is 8.60. The van der Waals surface area contributed by atoms with Crippen molar-refractivity contribution in [1.82, 2.24) is 39.5 Å². The van der Waals surface area contributed by atoms with E-state index >= 15 is 8.78 Å². The number of carbonyl (C=O) groups is 4. The van der Waals surface area contributed by atoms with Gasteiger partial charge in [-0.05, 0) is 70.2 Å². The number of piperazine rings is 1. The van der Waals surface area contributed by atoms with Gasteiger partial charge in [-0.2, -0.15) is 15.5 Å². The van der Waals surface area contributed by atoms with Crippen molar-refractivity contribution in [3.8, 4) is 6.07 Å². The number of piperidine rings is 1. The SMILES string of the molecule is CC(C)(O)c1cc2nn(C3CCC(N4CCN(C(=O)C5CN(c6cc(F)c([C@H]7CCC(=O)NC7=O)c(F)c6)C5)CC4)CC3)cc2cc1NC(=O)c1cnc2cc(C#N)cnn12. The number of halogens is 2. The summed E-state index contributed by atoms with van der Waals surface area (Å²) in [6.45, 7) is 6.76. The van der Waals surface area contributed by atoms with Crippen LogP contribution in [0.1, 0.15) is 91.5 Å². The van der Waals surface area contributed by atoms with Crippen molar-refractivity contribution in [2.24, 2.45) is 5.92 Å². The molecule has 3 aromatic heterocycles. The Morgan fingerprint density at radius 2 is 1.66 bits per heavy atom. The van der Waals surface area contributed by atoms with Crippen LogP contribution < -0.4 is 15.5 Å². The summed E-state index contributed by atoms with van der Waals surface area (Å²) in [5, 5.41) is 35.3. The fourth-order valence-electron chi connectivity index (χ4n) is 9.32. The molecule has 0 spiro atoms. The highest BCUT2D eigenvalue weighted by molar-refractivity contribution is 6.05. The Kier molecular flexibility index (Phi) is 10.3. The first-order valence-corrected chi connectivity index (χ1v) is 20.7. The van der Waals surface area contributed by atoms with Crippen molar-refractivity contribution in [1.29, 1.82) is 5.26 Å². The van der Waals surface area contributed by atoms with E-state index in [4.69, 9.17) is 5.10 Å². The molecule has 5 aromatic rings. The van der Waals surface area contributed by atoms with Gasteiger partial charge in [-0.25, -0.2) is 18.3 Å². The molecule has 1 aliphatic carbocycles. The van der Waals surface area contributed by atoms with E-state index in [1.54, 1.807) is 24.8 Å². The number of amides is 4. The van der Waals surface area contributed by atoms with Gasteiger partial charge in [-0.3, -0.25) is 34.1 Å². The van der Waals surface area contributed by atoms with Crippen LogP contribution in [-0.4, -0.2) is 108 Å². The number of anilines is 2. The highest BCUT2D eigenvalue weighted by Crippen LogP contribution is 2.37. The van der Waals surface area contributed by atoms with Crippen molar-refractivity contribution in [2.45, 2.75) is 76.0 Å². The van der Waals surface area contributed by atoms with Gasteiger partial charge in [-0.15, -0.1) is 0 Å². The van der Waals surface area contributed by atoms with Crippen molar-refractivity contribution in [2.75, 3.05) is 49.5 Å². The number of nitriles is 1. The number of aromatic nitrogens is 5. The third kappa shape index (κ3) is 7.67. The minimum absolute atomic E-state index is 0.0201. The molecule has 18 heteroatoms. The third-order valence-electron chi connectivity index (χ3n) is 12.7. The number of imidazole rings is 1. The molecule has 4 aliphatic rings. The second-order valence-corrected chi connectivity index (χ2v) is 17.1. The van der Waals surface area contributed by atoms with E-state index in [1.165, 1.54) is 29.0 Å². The minimum atomic E-state index is -1.29. The first-order valence-electron chi connectivity index (χ1n) is 20.7. The van der Waals surface area contributed by atoms with E-state index < -0.39 is 40.9 Å². The second kappa shape index (κ2) is 15.6. The van der Waals surface area contributed by atoms with Crippen LogP contribution in [0.5, 0.6) is 0 Å². The number of nitrogens with zero attached hydrogens (tertiary/aromatic N) is 9. The number of rotatable bonds is 8. The normalized spacial score (nSPS) is 21.7. The van der Waals surface area contributed by atoms with Crippen molar-refractivity contribution < 1.29 is 33.1 Å².